The first-order valence-electron chi connectivity index (χ1n) is 9.32. The molecule has 0 saturated carbocycles. The summed E-state index contributed by atoms with van der Waals surface area (Å²) in [7, 11) is 0. The van der Waals surface area contributed by atoms with Crippen molar-refractivity contribution >= 4 is 29.3 Å². The molecule has 29 heavy (non-hydrogen) atoms. The van der Waals surface area contributed by atoms with E-state index in [4.69, 9.17) is 5.10 Å². The highest BCUT2D eigenvalue weighted by Gasteiger charge is 2.16. The quantitative estimate of drug-likeness (QED) is 0.486. The average molecular weight is 384 g/mol. The minimum atomic E-state index is -0.992. The summed E-state index contributed by atoms with van der Waals surface area (Å²) >= 11 is 0. The predicted molar refractivity (Wildman–Crippen MR) is 116 cm³/mol. The number of carboxylic acid groups (broad SMARTS) is 1. The van der Waals surface area contributed by atoms with Crippen LogP contribution in [-0.4, -0.2) is 29.5 Å². The monoisotopic (exact) mass is 384 g/mol. The third-order valence-corrected chi connectivity index (χ3v) is 4.66. The van der Waals surface area contributed by atoms with E-state index in [1.165, 1.54) is 6.07 Å². The van der Waals surface area contributed by atoms with Gasteiger partial charge in [0.1, 0.15) is 0 Å². The second kappa shape index (κ2) is 8.39. The van der Waals surface area contributed by atoms with Gasteiger partial charge in [-0.1, -0.05) is 54.6 Å². The first-order chi connectivity index (χ1) is 14.2. The van der Waals surface area contributed by atoms with E-state index in [1.807, 2.05) is 47.5 Å². The number of anilines is 2. The molecular weight excluding hydrogens is 364 g/mol. The van der Waals surface area contributed by atoms with Gasteiger partial charge in [-0.25, -0.2) is 4.79 Å². The Bertz CT molecular complexity index is 1060. The van der Waals surface area contributed by atoms with Gasteiger partial charge >= 0.3 is 5.97 Å². The summed E-state index contributed by atoms with van der Waals surface area (Å²) in [6.45, 7) is 0.852. The molecule has 0 fully saturated rings. The molecule has 4 rings (SSSR count). The normalized spacial score (nSPS) is 13.5. The van der Waals surface area contributed by atoms with Gasteiger partial charge in [0, 0.05) is 13.0 Å². The number of carbonyl (C=O) groups is 1. The summed E-state index contributed by atoms with van der Waals surface area (Å²) in [5, 5.41) is 20.1. The van der Waals surface area contributed by atoms with Crippen LogP contribution in [0.5, 0.6) is 0 Å². The van der Waals surface area contributed by atoms with Gasteiger partial charge in [0.15, 0.2) is 0 Å². The molecule has 0 aromatic heterocycles. The molecule has 0 saturated heterocycles. The minimum Gasteiger partial charge on any atom is -0.478 e. The SMILES string of the molecule is O=C(O)c1ccccc1N/N=C\c1ccc(N2CCC(c3ccccc3)=N2)cc1. The van der Waals surface area contributed by atoms with Crippen molar-refractivity contribution in [3.05, 3.63) is 95.6 Å². The smallest absolute Gasteiger partial charge is 0.337 e. The van der Waals surface area contributed by atoms with Gasteiger partial charge < -0.3 is 5.11 Å². The first kappa shape index (κ1) is 18.4. The van der Waals surface area contributed by atoms with E-state index >= 15 is 0 Å². The van der Waals surface area contributed by atoms with Crippen LogP contribution in [0.3, 0.4) is 0 Å². The van der Waals surface area contributed by atoms with E-state index in [-0.39, 0.29) is 5.56 Å². The third kappa shape index (κ3) is 4.32. The van der Waals surface area contributed by atoms with Crippen LogP contribution in [0.25, 0.3) is 0 Å². The maximum atomic E-state index is 11.2. The van der Waals surface area contributed by atoms with Gasteiger partial charge in [-0.3, -0.25) is 10.4 Å². The molecule has 0 aliphatic carbocycles. The van der Waals surface area contributed by atoms with Crippen LogP contribution >= 0.6 is 0 Å². The number of nitrogens with zero attached hydrogens (tertiary/aromatic N) is 3. The Morgan fingerprint density at radius 1 is 1.00 bits per heavy atom. The van der Waals surface area contributed by atoms with Crippen LogP contribution in [-0.2, 0) is 0 Å². The van der Waals surface area contributed by atoms with Crippen molar-refractivity contribution in [1.82, 2.24) is 0 Å². The first-order valence-corrected chi connectivity index (χ1v) is 9.32. The summed E-state index contributed by atoms with van der Waals surface area (Å²) in [6, 6.07) is 24.8. The minimum absolute atomic E-state index is 0.182. The molecule has 3 aromatic rings. The zero-order chi connectivity index (χ0) is 20.1. The van der Waals surface area contributed by atoms with E-state index in [0.29, 0.717) is 5.69 Å². The topological polar surface area (TPSA) is 77.3 Å². The zero-order valence-corrected chi connectivity index (χ0v) is 15.7. The van der Waals surface area contributed by atoms with Crippen molar-refractivity contribution in [3.63, 3.8) is 0 Å². The van der Waals surface area contributed by atoms with E-state index in [1.54, 1.807) is 24.4 Å². The Hall–Kier alpha value is -3.93. The van der Waals surface area contributed by atoms with Crippen molar-refractivity contribution in [2.24, 2.45) is 10.2 Å². The predicted octanol–water partition coefficient (Wildman–Crippen LogP) is 4.45. The van der Waals surface area contributed by atoms with E-state index in [2.05, 4.69) is 22.7 Å². The standard InChI is InChI=1S/C23H20N4O2/c28-23(29)20-8-4-5-9-22(20)25-24-16-17-10-12-19(13-11-17)27-15-14-21(26-27)18-6-2-1-3-7-18/h1-13,16,25H,14-15H2,(H,28,29)/b24-16-. The van der Waals surface area contributed by atoms with Crippen LogP contribution < -0.4 is 10.4 Å². The molecule has 0 atom stereocenters. The van der Waals surface area contributed by atoms with Crippen LogP contribution in [0.15, 0.2) is 89.1 Å². The molecule has 0 unspecified atom stereocenters. The Kier molecular flexibility index (Phi) is 5.33. The van der Waals surface area contributed by atoms with Gasteiger partial charge in [-0.05, 0) is 35.4 Å². The number of hydrogen-bond acceptors (Lipinski definition) is 5. The number of para-hydroxylation sites is 1. The number of hydrazone groups is 2. The van der Waals surface area contributed by atoms with Crippen LogP contribution in [0.2, 0.25) is 0 Å². The van der Waals surface area contributed by atoms with Crippen LogP contribution in [0.4, 0.5) is 11.4 Å². The second-order valence-electron chi connectivity index (χ2n) is 6.60. The highest BCUT2D eigenvalue weighted by atomic mass is 16.4. The molecule has 6 heteroatoms. The van der Waals surface area contributed by atoms with Crippen molar-refractivity contribution in [2.45, 2.75) is 6.42 Å². The molecule has 1 aliphatic heterocycles. The van der Waals surface area contributed by atoms with Gasteiger partial charge in [0.05, 0.1) is 28.9 Å². The third-order valence-electron chi connectivity index (χ3n) is 4.66. The lowest BCUT2D eigenvalue weighted by Crippen LogP contribution is -2.11. The lowest BCUT2D eigenvalue weighted by atomic mass is 10.1. The van der Waals surface area contributed by atoms with Gasteiger partial charge in [0.25, 0.3) is 0 Å². The maximum absolute atomic E-state index is 11.2. The number of rotatable bonds is 6. The Morgan fingerprint density at radius 2 is 1.72 bits per heavy atom. The molecule has 0 bridgehead atoms. The molecule has 0 amide bonds. The molecule has 6 nitrogen and oxygen atoms in total. The number of benzene rings is 3. The van der Waals surface area contributed by atoms with Gasteiger partial charge in [-0.2, -0.15) is 10.2 Å². The number of hydrogen-bond donors (Lipinski definition) is 2. The molecule has 144 valence electrons. The molecule has 1 heterocycles. The molecule has 0 spiro atoms. The summed E-state index contributed by atoms with van der Waals surface area (Å²) in [4.78, 5) is 11.2. The van der Waals surface area contributed by atoms with E-state index < -0.39 is 5.97 Å². The van der Waals surface area contributed by atoms with Crippen molar-refractivity contribution in [2.75, 3.05) is 17.0 Å². The van der Waals surface area contributed by atoms with E-state index in [9.17, 15) is 9.90 Å². The molecular formula is C23H20N4O2. The number of nitrogens with one attached hydrogen (secondary N) is 1. The number of carboxylic acids is 1. The maximum Gasteiger partial charge on any atom is 0.337 e. The summed E-state index contributed by atoms with van der Waals surface area (Å²) in [5.41, 5.74) is 7.61. The van der Waals surface area contributed by atoms with Gasteiger partial charge in [0.2, 0.25) is 0 Å². The highest BCUT2D eigenvalue weighted by Crippen LogP contribution is 2.22. The molecule has 0 radical (unpaired) electrons. The van der Waals surface area contributed by atoms with Gasteiger partial charge in [-0.15, -0.1) is 0 Å². The lowest BCUT2D eigenvalue weighted by Gasteiger charge is -2.13. The molecule has 1 aliphatic rings. The van der Waals surface area contributed by atoms with E-state index in [0.717, 1.165) is 35.5 Å². The number of aromatic carboxylic acids is 1. The molecule has 2 N–H and O–H groups in total. The fourth-order valence-corrected chi connectivity index (χ4v) is 3.15. The Balaban J connectivity index is 1.42. The lowest BCUT2D eigenvalue weighted by molar-refractivity contribution is 0.0698. The van der Waals surface area contributed by atoms with Crippen molar-refractivity contribution in [3.8, 4) is 0 Å². The Labute approximate surface area is 168 Å². The largest absolute Gasteiger partial charge is 0.478 e. The van der Waals surface area contributed by atoms with Crippen molar-refractivity contribution in [1.29, 1.82) is 0 Å². The zero-order valence-electron chi connectivity index (χ0n) is 15.7. The average Bonchev–Trinajstić information content (AvgIpc) is 3.25. The summed E-state index contributed by atoms with van der Waals surface area (Å²) < 4.78 is 0. The molecule has 3 aromatic carbocycles. The highest BCUT2D eigenvalue weighted by molar-refractivity contribution is 6.02. The fraction of sp³-hybridized carbons (Fsp3) is 0.0870. The van der Waals surface area contributed by atoms with Crippen LogP contribution in [0.1, 0.15) is 27.9 Å². The fourth-order valence-electron chi connectivity index (χ4n) is 3.15. The summed E-state index contributed by atoms with van der Waals surface area (Å²) in [6.07, 6.45) is 2.57. The van der Waals surface area contributed by atoms with Crippen molar-refractivity contribution < 1.29 is 9.90 Å². The summed E-state index contributed by atoms with van der Waals surface area (Å²) in [5.74, 6) is -0.992. The second-order valence-corrected chi connectivity index (χ2v) is 6.60. The Morgan fingerprint density at radius 3 is 2.48 bits per heavy atom. The van der Waals surface area contributed by atoms with Crippen LogP contribution in [0, 0.1) is 0 Å².